The number of methoxy groups -OCH3 is 1. The quantitative estimate of drug-likeness (QED) is 0.481. The third-order valence-electron chi connectivity index (χ3n) is 5.34. The van der Waals surface area contributed by atoms with Crippen LogP contribution in [0.3, 0.4) is 0 Å². The lowest BCUT2D eigenvalue weighted by molar-refractivity contribution is -0.120. The van der Waals surface area contributed by atoms with Crippen molar-refractivity contribution in [1.29, 1.82) is 0 Å². The first-order chi connectivity index (χ1) is 15.8. The fourth-order valence-electron chi connectivity index (χ4n) is 3.81. The highest BCUT2D eigenvalue weighted by Gasteiger charge is 2.31. The predicted octanol–water partition coefficient (Wildman–Crippen LogP) is 4.62. The second-order valence-electron chi connectivity index (χ2n) is 7.69. The molecule has 0 radical (unpaired) electrons. The number of amides is 1. The summed E-state index contributed by atoms with van der Waals surface area (Å²) in [7, 11) is -2.27. The fourth-order valence-corrected chi connectivity index (χ4v) is 5.27. The van der Waals surface area contributed by atoms with Crippen LogP contribution in [0.1, 0.15) is 12.5 Å². The van der Waals surface area contributed by atoms with Crippen molar-refractivity contribution < 1.29 is 22.7 Å². The lowest BCUT2D eigenvalue weighted by atomic mass is 10.1. The molecule has 1 N–H and O–H groups in total. The number of anilines is 2. The van der Waals surface area contributed by atoms with Crippen molar-refractivity contribution in [2.75, 3.05) is 23.3 Å². The minimum absolute atomic E-state index is 0.0422. The molecule has 33 heavy (non-hydrogen) atoms. The first-order valence-corrected chi connectivity index (χ1v) is 12.5. The zero-order valence-corrected chi connectivity index (χ0v) is 20.5. The Hall–Kier alpha value is -3.04. The summed E-state index contributed by atoms with van der Waals surface area (Å²) in [5.41, 5.74) is 2.40. The average Bonchev–Trinajstić information content (AvgIpc) is 3.12. The van der Waals surface area contributed by atoms with Gasteiger partial charge in [-0.1, -0.05) is 22.0 Å². The Morgan fingerprint density at radius 1 is 1.09 bits per heavy atom. The fraction of sp³-hybridized carbons (Fsp3) is 0.208. The number of nitrogens with one attached hydrogen (secondary N) is 1. The summed E-state index contributed by atoms with van der Waals surface area (Å²) in [5, 5.41) is 0. The Bertz CT molecular complexity index is 1280. The van der Waals surface area contributed by atoms with E-state index in [4.69, 9.17) is 9.47 Å². The maximum absolute atomic E-state index is 12.8. The van der Waals surface area contributed by atoms with Crippen LogP contribution >= 0.6 is 15.9 Å². The minimum Gasteiger partial charge on any atom is -0.497 e. The van der Waals surface area contributed by atoms with Gasteiger partial charge >= 0.3 is 0 Å². The number of hydrogen-bond acceptors (Lipinski definition) is 5. The van der Waals surface area contributed by atoms with E-state index in [1.54, 1.807) is 29.2 Å². The smallest absolute Gasteiger partial charge is 0.265 e. The van der Waals surface area contributed by atoms with Crippen LogP contribution in [0.5, 0.6) is 11.5 Å². The van der Waals surface area contributed by atoms with Crippen LogP contribution in [-0.4, -0.2) is 34.1 Å². The van der Waals surface area contributed by atoms with Gasteiger partial charge in [0, 0.05) is 22.3 Å². The van der Waals surface area contributed by atoms with E-state index in [1.807, 2.05) is 25.1 Å². The van der Waals surface area contributed by atoms with Gasteiger partial charge in [0.25, 0.3) is 15.9 Å². The van der Waals surface area contributed by atoms with Crippen molar-refractivity contribution in [3.8, 4) is 11.5 Å². The minimum atomic E-state index is -3.78. The third-order valence-corrected chi connectivity index (χ3v) is 7.23. The maximum Gasteiger partial charge on any atom is 0.265 e. The largest absolute Gasteiger partial charge is 0.497 e. The van der Waals surface area contributed by atoms with Crippen LogP contribution in [-0.2, 0) is 21.2 Å². The molecule has 7 nitrogen and oxygen atoms in total. The van der Waals surface area contributed by atoms with E-state index in [2.05, 4.69) is 20.7 Å². The molecule has 0 aliphatic carbocycles. The van der Waals surface area contributed by atoms with E-state index in [0.717, 1.165) is 22.1 Å². The molecule has 3 aromatic rings. The maximum atomic E-state index is 12.8. The van der Waals surface area contributed by atoms with Gasteiger partial charge in [0.15, 0.2) is 6.61 Å². The van der Waals surface area contributed by atoms with Crippen LogP contribution in [0.4, 0.5) is 11.4 Å². The lowest BCUT2D eigenvalue weighted by Gasteiger charge is -2.22. The van der Waals surface area contributed by atoms with E-state index < -0.39 is 10.0 Å². The van der Waals surface area contributed by atoms with Crippen molar-refractivity contribution in [3.63, 3.8) is 0 Å². The molecular weight excluding hydrogens is 508 g/mol. The van der Waals surface area contributed by atoms with Gasteiger partial charge in [0.1, 0.15) is 11.5 Å². The number of nitrogens with zero attached hydrogens (tertiary/aromatic N) is 1. The Morgan fingerprint density at radius 2 is 1.85 bits per heavy atom. The molecule has 1 heterocycles. The van der Waals surface area contributed by atoms with Crippen molar-refractivity contribution >= 4 is 43.2 Å². The first kappa shape index (κ1) is 23.1. The van der Waals surface area contributed by atoms with Crippen molar-refractivity contribution in [3.05, 3.63) is 76.8 Å². The molecule has 0 saturated heterocycles. The van der Waals surface area contributed by atoms with Crippen molar-refractivity contribution in [2.24, 2.45) is 0 Å². The standard InChI is InChI=1S/C24H23BrN2O5S/c1-16-12-17-13-18(25)6-11-23(17)27(16)24(28)15-32-20-7-9-22(10-8-20)33(29,30)26-19-4-3-5-21(14-19)31-2/h3-11,13-14,16,26H,12,15H2,1-2H3/t16-/m1/s1. The molecule has 0 spiro atoms. The van der Waals surface area contributed by atoms with E-state index in [0.29, 0.717) is 17.2 Å². The Labute approximate surface area is 201 Å². The van der Waals surface area contributed by atoms with Crippen LogP contribution in [0.2, 0.25) is 0 Å². The molecule has 1 aliphatic rings. The summed E-state index contributed by atoms with van der Waals surface area (Å²) >= 11 is 3.47. The second-order valence-corrected chi connectivity index (χ2v) is 10.3. The van der Waals surface area contributed by atoms with Gasteiger partial charge in [-0.2, -0.15) is 0 Å². The number of carbonyl (C=O) groups is 1. The van der Waals surface area contributed by atoms with E-state index in [-0.39, 0.29) is 23.5 Å². The monoisotopic (exact) mass is 530 g/mol. The first-order valence-electron chi connectivity index (χ1n) is 10.3. The molecule has 172 valence electrons. The zero-order valence-electron chi connectivity index (χ0n) is 18.1. The summed E-state index contributed by atoms with van der Waals surface area (Å²) in [6.07, 6.45) is 0.785. The van der Waals surface area contributed by atoms with Crippen molar-refractivity contribution in [1.82, 2.24) is 0 Å². The van der Waals surface area contributed by atoms with Gasteiger partial charge < -0.3 is 14.4 Å². The predicted molar refractivity (Wildman–Crippen MR) is 131 cm³/mol. The Kier molecular flexibility index (Phi) is 6.62. The van der Waals surface area contributed by atoms with Crippen LogP contribution in [0.15, 0.2) is 76.1 Å². The SMILES string of the molecule is COc1cccc(NS(=O)(=O)c2ccc(OCC(=O)N3c4ccc(Br)cc4C[C@H]3C)cc2)c1. The Morgan fingerprint density at radius 3 is 2.58 bits per heavy atom. The molecule has 0 fully saturated rings. The van der Waals surface area contributed by atoms with E-state index >= 15 is 0 Å². The topological polar surface area (TPSA) is 84.9 Å². The molecule has 4 rings (SSSR count). The summed E-state index contributed by atoms with van der Waals surface area (Å²) < 4.78 is 39.6. The summed E-state index contributed by atoms with van der Waals surface area (Å²) in [6.45, 7) is 1.86. The number of fused-ring (bicyclic) bond motifs is 1. The number of rotatable bonds is 7. The van der Waals surface area contributed by atoms with Gasteiger partial charge in [-0.3, -0.25) is 9.52 Å². The second kappa shape index (κ2) is 9.44. The number of hydrogen-bond donors (Lipinski definition) is 1. The summed E-state index contributed by atoms with van der Waals surface area (Å²) in [5.74, 6) is 0.803. The highest BCUT2D eigenvalue weighted by Crippen LogP contribution is 2.34. The Balaban J connectivity index is 1.40. The van der Waals surface area contributed by atoms with Gasteiger partial charge in [0.05, 0.1) is 17.7 Å². The molecule has 1 aliphatic heterocycles. The van der Waals surface area contributed by atoms with E-state index in [9.17, 15) is 13.2 Å². The average molecular weight is 531 g/mol. The number of sulfonamides is 1. The van der Waals surface area contributed by atoms with Gasteiger partial charge in [-0.15, -0.1) is 0 Å². The third kappa shape index (κ3) is 5.15. The normalized spacial score (nSPS) is 15.1. The number of ether oxygens (including phenoxy) is 2. The number of halogens is 1. The molecule has 1 atom stereocenters. The molecule has 1 amide bonds. The van der Waals surface area contributed by atoms with Gasteiger partial charge in [-0.25, -0.2) is 8.42 Å². The van der Waals surface area contributed by atoms with Gasteiger partial charge in [-0.05, 0) is 73.5 Å². The zero-order chi connectivity index (χ0) is 23.6. The molecule has 0 bridgehead atoms. The van der Waals surface area contributed by atoms with E-state index in [1.165, 1.54) is 31.4 Å². The summed E-state index contributed by atoms with van der Waals surface area (Å²) in [4.78, 5) is 14.7. The molecule has 0 saturated carbocycles. The molecule has 3 aromatic carbocycles. The number of benzene rings is 3. The van der Waals surface area contributed by atoms with Crippen LogP contribution in [0, 0.1) is 0 Å². The summed E-state index contributed by atoms with van der Waals surface area (Å²) in [6, 6.07) is 18.5. The molecular formula is C24H23BrN2O5S. The number of carbonyl (C=O) groups excluding carboxylic acids is 1. The van der Waals surface area contributed by atoms with Crippen LogP contribution in [0.25, 0.3) is 0 Å². The highest BCUT2D eigenvalue weighted by atomic mass is 79.9. The van der Waals surface area contributed by atoms with Gasteiger partial charge in [0.2, 0.25) is 0 Å². The lowest BCUT2D eigenvalue weighted by Crippen LogP contribution is -2.39. The van der Waals surface area contributed by atoms with Crippen molar-refractivity contribution in [2.45, 2.75) is 24.3 Å². The highest BCUT2D eigenvalue weighted by molar-refractivity contribution is 9.10. The molecule has 0 unspecified atom stereocenters. The van der Waals surface area contributed by atoms with Crippen LogP contribution < -0.4 is 19.1 Å². The molecule has 0 aromatic heterocycles. The molecule has 9 heteroatoms.